The zero-order valence-electron chi connectivity index (χ0n) is 11.4. The van der Waals surface area contributed by atoms with Crippen LogP contribution in [0.5, 0.6) is 5.75 Å². The second-order valence-electron chi connectivity index (χ2n) is 4.33. The number of ether oxygens (including phenoxy) is 1. The number of carbonyl (C=O) groups excluding carboxylic acids is 1. The molecule has 0 aliphatic carbocycles. The van der Waals surface area contributed by atoms with E-state index < -0.39 is 0 Å². The van der Waals surface area contributed by atoms with Gasteiger partial charge in [0.15, 0.2) is 0 Å². The number of amides is 1. The second-order valence-corrected chi connectivity index (χ2v) is 4.33. The molecule has 1 aromatic rings. The number of aryl methyl sites for hydroxylation is 1. The summed E-state index contributed by atoms with van der Waals surface area (Å²) in [6, 6.07) is 7.91. The third kappa shape index (κ3) is 5.19. The molecule has 0 aliphatic heterocycles. The lowest BCUT2D eigenvalue weighted by Gasteiger charge is -2.17. The monoisotopic (exact) mass is 250 g/mol. The molecule has 1 aromatic carbocycles. The molecule has 1 rings (SSSR count). The minimum Gasteiger partial charge on any atom is -0.492 e. The lowest BCUT2D eigenvalue weighted by molar-refractivity contribution is -0.130. The summed E-state index contributed by atoms with van der Waals surface area (Å²) in [6.45, 7) is 3.86. The fourth-order valence-electron chi connectivity index (χ4n) is 1.55. The van der Waals surface area contributed by atoms with E-state index in [0.29, 0.717) is 26.1 Å². The van der Waals surface area contributed by atoms with Crippen LogP contribution >= 0.6 is 0 Å². The molecule has 0 spiro atoms. The van der Waals surface area contributed by atoms with Crippen molar-refractivity contribution in [1.82, 2.24) is 10.2 Å². The van der Waals surface area contributed by atoms with E-state index in [1.807, 2.05) is 38.2 Å². The molecule has 4 heteroatoms. The highest BCUT2D eigenvalue weighted by Gasteiger charge is 2.07. The van der Waals surface area contributed by atoms with Crippen molar-refractivity contribution in [2.45, 2.75) is 13.3 Å². The average Bonchev–Trinajstić information content (AvgIpc) is 2.35. The van der Waals surface area contributed by atoms with Gasteiger partial charge in [0.2, 0.25) is 5.91 Å². The molecule has 0 atom stereocenters. The van der Waals surface area contributed by atoms with Gasteiger partial charge in [-0.15, -0.1) is 0 Å². The smallest absolute Gasteiger partial charge is 0.223 e. The quantitative estimate of drug-likeness (QED) is 0.796. The number of nitrogens with zero attached hydrogens (tertiary/aromatic N) is 1. The summed E-state index contributed by atoms with van der Waals surface area (Å²) in [6.07, 6.45) is 0.525. The molecular weight excluding hydrogens is 228 g/mol. The summed E-state index contributed by atoms with van der Waals surface area (Å²) < 4.78 is 5.60. The molecule has 1 amide bonds. The highest BCUT2D eigenvalue weighted by Crippen LogP contribution is 2.11. The average molecular weight is 250 g/mol. The fourth-order valence-corrected chi connectivity index (χ4v) is 1.55. The van der Waals surface area contributed by atoms with Gasteiger partial charge < -0.3 is 15.0 Å². The third-order valence-corrected chi connectivity index (χ3v) is 2.70. The molecule has 0 aromatic heterocycles. The number of hydrogen-bond acceptors (Lipinski definition) is 3. The highest BCUT2D eigenvalue weighted by molar-refractivity contribution is 5.76. The molecule has 0 saturated heterocycles. The van der Waals surface area contributed by atoms with Gasteiger partial charge in [-0.05, 0) is 31.7 Å². The van der Waals surface area contributed by atoms with Crippen LogP contribution in [0, 0.1) is 6.92 Å². The van der Waals surface area contributed by atoms with E-state index in [0.717, 1.165) is 5.75 Å². The van der Waals surface area contributed by atoms with Crippen molar-refractivity contribution >= 4 is 5.91 Å². The summed E-state index contributed by atoms with van der Waals surface area (Å²) in [4.78, 5) is 13.3. The van der Waals surface area contributed by atoms with Crippen molar-refractivity contribution in [3.05, 3.63) is 29.8 Å². The fraction of sp³-hybridized carbons (Fsp3) is 0.500. The molecule has 0 radical (unpaired) electrons. The van der Waals surface area contributed by atoms with Crippen molar-refractivity contribution < 1.29 is 9.53 Å². The zero-order valence-corrected chi connectivity index (χ0v) is 11.4. The van der Waals surface area contributed by atoms with E-state index in [1.54, 1.807) is 11.9 Å². The Balaban J connectivity index is 2.26. The topological polar surface area (TPSA) is 41.6 Å². The minimum absolute atomic E-state index is 0.136. The number of nitrogens with one attached hydrogen (secondary N) is 1. The van der Waals surface area contributed by atoms with Crippen LogP contribution in [0.15, 0.2) is 24.3 Å². The van der Waals surface area contributed by atoms with Gasteiger partial charge in [0.05, 0.1) is 6.54 Å². The van der Waals surface area contributed by atoms with E-state index >= 15 is 0 Å². The first-order valence-corrected chi connectivity index (χ1v) is 6.21. The van der Waals surface area contributed by atoms with Gasteiger partial charge in [0.25, 0.3) is 0 Å². The van der Waals surface area contributed by atoms with Crippen LogP contribution in [-0.4, -0.2) is 44.6 Å². The van der Waals surface area contributed by atoms with Crippen LogP contribution in [0.1, 0.15) is 12.0 Å². The third-order valence-electron chi connectivity index (χ3n) is 2.70. The Morgan fingerprint density at radius 1 is 1.44 bits per heavy atom. The lowest BCUT2D eigenvalue weighted by atomic mass is 10.2. The van der Waals surface area contributed by atoms with E-state index in [2.05, 4.69) is 5.32 Å². The molecule has 18 heavy (non-hydrogen) atoms. The maximum Gasteiger partial charge on any atom is 0.223 e. The van der Waals surface area contributed by atoms with E-state index in [4.69, 9.17) is 4.74 Å². The number of hydrogen-bond donors (Lipinski definition) is 1. The molecule has 0 bridgehead atoms. The maximum absolute atomic E-state index is 11.6. The predicted molar refractivity (Wildman–Crippen MR) is 72.9 cm³/mol. The largest absolute Gasteiger partial charge is 0.492 e. The van der Waals surface area contributed by atoms with E-state index in [1.165, 1.54) is 5.56 Å². The van der Waals surface area contributed by atoms with Crippen LogP contribution in [0.2, 0.25) is 0 Å². The maximum atomic E-state index is 11.6. The van der Waals surface area contributed by atoms with Gasteiger partial charge in [-0.1, -0.05) is 12.1 Å². The van der Waals surface area contributed by atoms with Gasteiger partial charge in [0.1, 0.15) is 12.4 Å². The summed E-state index contributed by atoms with van der Waals surface area (Å²) in [5, 5.41) is 2.96. The number of likely N-dealkylation sites (N-methyl/N-ethyl adjacent to an activating group) is 1. The number of carbonyl (C=O) groups is 1. The van der Waals surface area contributed by atoms with Gasteiger partial charge in [-0.2, -0.15) is 0 Å². The lowest BCUT2D eigenvalue weighted by Crippen LogP contribution is -2.32. The Hall–Kier alpha value is -1.55. The molecule has 0 unspecified atom stereocenters. The van der Waals surface area contributed by atoms with Crippen LogP contribution < -0.4 is 10.1 Å². The molecule has 1 N–H and O–H groups in total. The molecule has 100 valence electrons. The first kappa shape index (κ1) is 14.5. The summed E-state index contributed by atoms with van der Waals surface area (Å²) in [7, 11) is 3.64. The normalized spacial score (nSPS) is 10.2. The summed E-state index contributed by atoms with van der Waals surface area (Å²) in [5.74, 6) is 0.989. The molecular formula is C14H22N2O2. The Morgan fingerprint density at radius 2 is 2.22 bits per heavy atom. The van der Waals surface area contributed by atoms with Crippen molar-refractivity contribution in [2.75, 3.05) is 33.8 Å². The first-order chi connectivity index (χ1) is 8.63. The summed E-state index contributed by atoms with van der Waals surface area (Å²) >= 11 is 0. The van der Waals surface area contributed by atoms with Gasteiger partial charge in [-0.25, -0.2) is 0 Å². The standard InChI is InChI=1S/C14H22N2O2/c1-12-5-4-6-13(11-12)18-10-9-16(3)14(17)7-8-15-2/h4-6,11,15H,7-10H2,1-3H3. The van der Waals surface area contributed by atoms with Crippen molar-refractivity contribution in [2.24, 2.45) is 0 Å². The molecule has 0 heterocycles. The van der Waals surface area contributed by atoms with Gasteiger partial charge in [-0.3, -0.25) is 4.79 Å². The summed E-state index contributed by atoms with van der Waals surface area (Å²) in [5.41, 5.74) is 1.17. The highest BCUT2D eigenvalue weighted by atomic mass is 16.5. The van der Waals surface area contributed by atoms with Crippen LogP contribution in [0.4, 0.5) is 0 Å². The number of benzene rings is 1. The molecule has 4 nitrogen and oxygen atoms in total. The van der Waals surface area contributed by atoms with Gasteiger partial charge >= 0.3 is 0 Å². The second kappa shape index (κ2) is 7.71. The molecule has 0 fully saturated rings. The predicted octanol–water partition coefficient (Wildman–Crippen LogP) is 1.44. The first-order valence-electron chi connectivity index (χ1n) is 6.21. The van der Waals surface area contributed by atoms with Crippen molar-refractivity contribution in [3.63, 3.8) is 0 Å². The van der Waals surface area contributed by atoms with E-state index in [9.17, 15) is 4.79 Å². The Bertz CT molecular complexity index is 380. The van der Waals surface area contributed by atoms with Crippen LogP contribution in [0.25, 0.3) is 0 Å². The SMILES string of the molecule is CNCCC(=O)N(C)CCOc1cccc(C)c1. The molecule has 0 aliphatic rings. The van der Waals surface area contributed by atoms with Crippen molar-refractivity contribution in [3.8, 4) is 5.75 Å². The molecule has 0 saturated carbocycles. The zero-order chi connectivity index (χ0) is 13.4. The van der Waals surface area contributed by atoms with Crippen molar-refractivity contribution in [1.29, 1.82) is 0 Å². The Kier molecular flexibility index (Phi) is 6.22. The number of rotatable bonds is 7. The van der Waals surface area contributed by atoms with E-state index in [-0.39, 0.29) is 5.91 Å². The minimum atomic E-state index is 0.136. The Morgan fingerprint density at radius 3 is 2.89 bits per heavy atom. The Labute approximate surface area is 109 Å². The van der Waals surface area contributed by atoms with Crippen LogP contribution in [0.3, 0.4) is 0 Å². The van der Waals surface area contributed by atoms with Gasteiger partial charge in [0, 0.05) is 20.0 Å². The van der Waals surface area contributed by atoms with Crippen LogP contribution in [-0.2, 0) is 4.79 Å².